The zero-order chi connectivity index (χ0) is 11.4. The summed E-state index contributed by atoms with van der Waals surface area (Å²) in [5.74, 6) is 0.239. The Morgan fingerprint density at radius 2 is 2.47 bits per heavy atom. The van der Waals surface area contributed by atoms with Crippen molar-refractivity contribution in [2.24, 2.45) is 0 Å². The van der Waals surface area contributed by atoms with Crippen molar-refractivity contribution in [3.05, 3.63) is 22.4 Å². The number of ketones is 1. The van der Waals surface area contributed by atoms with E-state index in [1.165, 1.54) is 24.2 Å². The van der Waals surface area contributed by atoms with Crippen LogP contribution in [0.2, 0.25) is 0 Å². The number of likely N-dealkylation sites (N-methyl/N-ethyl adjacent to an activating group) is 1. The summed E-state index contributed by atoms with van der Waals surface area (Å²) in [6.45, 7) is 2.66. The number of carbonyl (C=O) groups excluding carboxylic acids is 1. The van der Waals surface area contributed by atoms with Crippen molar-refractivity contribution in [2.45, 2.75) is 18.9 Å². The zero-order valence-electron chi connectivity index (χ0n) is 10.0. The molecule has 1 aliphatic heterocycles. The van der Waals surface area contributed by atoms with E-state index in [9.17, 15) is 4.79 Å². The minimum atomic E-state index is 0. The van der Waals surface area contributed by atoms with Gasteiger partial charge in [-0.1, -0.05) is 6.07 Å². The molecular formula is C12H19ClN2OS. The lowest BCUT2D eigenvalue weighted by atomic mass is 10.1. The second-order valence-corrected chi connectivity index (χ2v) is 5.26. The predicted molar refractivity (Wildman–Crippen MR) is 74.4 cm³/mol. The molecule has 2 heterocycles. The van der Waals surface area contributed by atoms with Gasteiger partial charge < -0.3 is 5.32 Å². The highest BCUT2D eigenvalue weighted by Gasteiger charge is 2.20. The molecule has 1 aliphatic rings. The molecule has 0 radical (unpaired) electrons. The van der Waals surface area contributed by atoms with E-state index in [0.717, 1.165) is 18.0 Å². The average Bonchev–Trinajstić information content (AvgIpc) is 2.83. The largest absolute Gasteiger partial charge is 0.315 e. The summed E-state index contributed by atoms with van der Waals surface area (Å²) in [6, 6.07) is 4.35. The van der Waals surface area contributed by atoms with Gasteiger partial charge >= 0.3 is 0 Å². The van der Waals surface area contributed by atoms with Crippen LogP contribution in [0.5, 0.6) is 0 Å². The van der Waals surface area contributed by atoms with Crippen molar-refractivity contribution in [1.82, 2.24) is 10.2 Å². The maximum Gasteiger partial charge on any atom is 0.186 e. The molecule has 0 saturated carbocycles. The first kappa shape index (κ1) is 14.6. The number of nitrogens with zero attached hydrogens (tertiary/aromatic N) is 1. The van der Waals surface area contributed by atoms with Crippen molar-refractivity contribution >= 4 is 29.5 Å². The number of piperidine rings is 1. The Labute approximate surface area is 113 Å². The van der Waals surface area contributed by atoms with Crippen LogP contribution in [0.1, 0.15) is 22.5 Å². The summed E-state index contributed by atoms with van der Waals surface area (Å²) in [7, 11) is 2.04. The second kappa shape index (κ2) is 7.11. The van der Waals surface area contributed by atoms with Crippen molar-refractivity contribution in [3.63, 3.8) is 0 Å². The third-order valence-electron chi connectivity index (χ3n) is 3.08. The number of carbonyl (C=O) groups is 1. The average molecular weight is 275 g/mol. The monoisotopic (exact) mass is 274 g/mol. The number of thiophene rings is 1. The molecule has 1 saturated heterocycles. The molecule has 2 rings (SSSR count). The maximum atomic E-state index is 11.9. The highest BCUT2D eigenvalue weighted by Crippen LogP contribution is 2.13. The van der Waals surface area contributed by atoms with Gasteiger partial charge in [0.25, 0.3) is 0 Å². The molecule has 3 nitrogen and oxygen atoms in total. The van der Waals surface area contributed by atoms with E-state index in [0.29, 0.717) is 12.6 Å². The Balaban J connectivity index is 0.00000144. The van der Waals surface area contributed by atoms with E-state index < -0.39 is 0 Å². The van der Waals surface area contributed by atoms with Gasteiger partial charge in [0, 0.05) is 12.6 Å². The number of rotatable bonds is 4. The number of hydrogen-bond acceptors (Lipinski definition) is 4. The summed E-state index contributed by atoms with van der Waals surface area (Å²) in [4.78, 5) is 15.0. The quantitative estimate of drug-likeness (QED) is 0.853. The minimum absolute atomic E-state index is 0. The summed E-state index contributed by atoms with van der Waals surface area (Å²) in [5.41, 5.74) is 0. The van der Waals surface area contributed by atoms with Gasteiger partial charge in [0.2, 0.25) is 0 Å². The van der Waals surface area contributed by atoms with E-state index in [1.807, 2.05) is 24.6 Å². The Kier molecular flexibility index (Phi) is 6.12. The number of halogens is 1. The van der Waals surface area contributed by atoms with Gasteiger partial charge in [-0.15, -0.1) is 23.7 Å². The molecule has 1 aromatic heterocycles. The van der Waals surface area contributed by atoms with Crippen LogP contribution in [-0.2, 0) is 0 Å². The summed E-state index contributed by atoms with van der Waals surface area (Å²) in [5, 5.41) is 5.33. The number of hydrogen-bond donors (Lipinski definition) is 1. The van der Waals surface area contributed by atoms with Crippen LogP contribution >= 0.6 is 23.7 Å². The van der Waals surface area contributed by atoms with Crippen molar-refractivity contribution in [2.75, 3.05) is 26.7 Å². The maximum absolute atomic E-state index is 11.9. The van der Waals surface area contributed by atoms with Gasteiger partial charge in [-0.3, -0.25) is 9.69 Å². The van der Waals surface area contributed by atoms with E-state index in [2.05, 4.69) is 10.2 Å². The molecule has 1 aromatic rings. The van der Waals surface area contributed by atoms with Crippen LogP contribution in [0.25, 0.3) is 0 Å². The lowest BCUT2D eigenvalue weighted by Crippen LogP contribution is -2.45. The third-order valence-corrected chi connectivity index (χ3v) is 3.99. The van der Waals surface area contributed by atoms with Crippen molar-refractivity contribution in [1.29, 1.82) is 0 Å². The molecule has 5 heteroatoms. The Morgan fingerprint density at radius 3 is 3.06 bits per heavy atom. The van der Waals surface area contributed by atoms with E-state index >= 15 is 0 Å². The van der Waals surface area contributed by atoms with Gasteiger partial charge in [0.15, 0.2) is 5.78 Å². The van der Waals surface area contributed by atoms with Gasteiger partial charge in [-0.05, 0) is 37.9 Å². The molecule has 0 amide bonds. The predicted octanol–water partition coefficient (Wildman–Crippen LogP) is 2.04. The minimum Gasteiger partial charge on any atom is -0.315 e. The summed E-state index contributed by atoms with van der Waals surface area (Å²) >= 11 is 1.53. The number of nitrogens with one attached hydrogen (secondary N) is 1. The smallest absolute Gasteiger partial charge is 0.186 e. The Hall–Kier alpha value is -0.420. The summed E-state index contributed by atoms with van der Waals surface area (Å²) in [6.07, 6.45) is 2.41. The van der Waals surface area contributed by atoms with Crippen LogP contribution in [0.3, 0.4) is 0 Å². The highest BCUT2D eigenvalue weighted by atomic mass is 35.5. The number of Topliss-reactive ketones (excluding diaryl/α,β-unsaturated/α-hetero) is 1. The van der Waals surface area contributed by atoms with E-state index in [4.69, 9.17) is 0 Å². The van der Waals surface area contributed by atoms with E-state index in [-0.39, 0.29) is 18.2 Å². The topological polar surface area (TPSA) is 32.3 Å². The molecule has 0 aromatic carbocycles. The van der Waals surface area contributed by atoms with Crippen molar-refractivity contribution < 1.29 is 4.79 Å². The fraction of sp³-hybridized carbons (Fsp3) is 0.583. The first-order valence-electron chi connectivity index (χ1n) is 5.75. The molecule has 17 heavy (non-hydrogen) atoms. The standard InChI is InChI=1S/C12H18N2OS.ClH/c1-14(10-4-2-6-13-8-10)9-11(15)12-5-3-7-16-12;/h3,5,7,10,13H,2,4,6,8-9H2,1H3;1H/t10-;/m1./s1. The summed E-state index contributed by atoms with van der Waals surface area (Å²) < 4.78 is 0. The lowest BCUT2D eigenvalue weighted by Gasteiger charge is -2.31. The van der Waals surface area contributed by atoms with Crippen molar-refractivity contribution in [3.8, 4) is 0 Å². The molecule has 1 atom stereocenters. The molecule has 0 bridgehead atoms. The Morgan fingerprint density at radius 1 is 1.65 bits per heavy atom. The van der Waals surface area contributed by atoms with E-state index in [1.54, 1.807) is 0 Å². The van der Waals surface area contributed by atoms with Crippen LogP contribution < -0.4 is 5.32 Å². The third kappa shape index (κ3) is 4.07. The normalized spacial score (nSPS) is 20.0. The van der Waals surface area contributed by atoms with Gasteiger partial charge in [0.05, 0.1) is 11.4 Å². The first-order chi connectivity index (χ1) is 7.77. The SMILES string of the molecule is CN(CC(=O)c1cccs1)[C@@H]1CCCNC1.Cl. The van der Waals surface area contributed by atoms with Gasteiger partial charge in [0.1, 0.15) is 0 Å². The van der Waals surface area contributed by atoms with Crippen LogP contribution in [0, 0.1) is 0 Å². The van der Waals surface area contributed by atoms with Crippen LogP contribution in [-0.4, -0.2) is 43.4 Å². The molecule has 0 unspecified atom stereocenters. The molecule has 1 N–H and O–H groups in total. The Bertz CT molecular complexity index is 336. The first-order valence-corrected chi connectivity index (χ1v) is 6.63. The molecule has 96 valence electrons. The molecule has 0 aliphatic carbocycles. The fourth-order valence-corrected chi connectivity index (χ4v) is 2.74. The van der Waals surface area contributed by atoms with Crippen LogP contribution in [0.15, 0.2) is 17.5 Å². The highest BCUT2D eigenvalue weighted by molar-refractivity contribution is 7.12. The molecule has 1 fully saturated rings. The second-order valence-electron chi connectivity index (χ2n) is 4.32. The molecular weight excluding hydrogens is 256 g/mol. The van der Waals surface area contributed by atoms with Crippen LogP contribution in [0.4, 0.5) is 0 Å². The zero-order valence-corrected chi connectivity index (χ0v) is 11.6. The van der Waals surface area contributed by atoms with Gasteiger partial charge in [-0.2, -0.15) is 0 Å². The molecule has 0 spiro atoms. The lowest BCUT2D eigenvalue weighted by molar-refractivity contribution is 0.0911. The fourth-order valence-electron chi connectivity index (χ4n) is 2.08. The van der Waals surface area contributed by atoms with Gasteiger partial charge in [-0.25, -0.2) is 0 Å².